The summed E-state index contributed by atoms with van der Waals surface area (Å²) in [6, 6.07) is 7.64. The van der Waals surface area contributed by atoms with Crippen molar-refractivity contribution in [2.24, 2.45) is 0 Å². The first-order valence-electron chi connectivity index (χ1n) is 5.98. The smallest absolute Gasteiger partial charge is 0.416 e. The van der Waals surface area contributed by atoms with Gasteiger partial charge in [0.25, 0.3) is 0 Å². The predicted molar refractivity (Wildman–Crippen MR) is 71.6 cm³/mol. The number of ether oxygens (including phenoxy) is 2. The van der Waals surface area contributed by atoms with Gasteiger partial charge in [-0.05, 0) is 41.5 Å². The molecule has 0 saturated heterocycles. The molecule has 112 valence electrons. The quantitative estimate of drug-likeness (QED) is 0.927. The van der Waals surface area contributed by atoms with E-state index in [0.717, 1.165) is 6.07 Å². The van der Waals surface area contributed by atoms with Crippen LogP contribution in [0.5, 0.6) is 17.2 Å². The largest absolute Gasteiger partial charge is 0.508 e. The highest BCUT2D eigenvalue weighted by molar-refractivity contribution is 5.69. The van der Waals surface area contributed by atoms with Crippen molar-refractivity contribution < 1.29 is 27.8 Å². The molecule has 0 fully saturated rings. The lowest BCUT2D eigenvalue weighted by atomic mass is 10.0. The summed E-state index contributed by atoms with van der Waals surface area (Å²) in [7, 11) is 2.89. The van der Waals surface area contributed by atoms with Crippen LogP contribution in [-0.2, 0) is 6.18 Å². The Morgan fingerprint density at radius 1 is 0.810 bits per heavy atom. The van der Waals surface area contributed by atoms with Gasteiger partial charge in [0.15, 0.2) is 0 Å². The molecule has 21 heavy (non-hydrogen) atoms. The van der Waals surface area contributed by atoms with E-state index in [1.54, 1.807) is 18.2 Å². The number of alkyl halides is 3. The van der Waals surface area contributed by atoms with Crippen LogP contribution in [0.15, 0.2) is 36.4 Å². The van der Waals surface area contributed by atoms with E-state index in [0.29, 0.717) is 23.1 Å². The van der Waals surface area contributed by atoms with Crippen molar-refractivity contribution >= 4 is 0 Å². The van der Waals surface area contributed by atoms with Crippen LogP contribution in [0.1, 0.15) is 5.56 Å². The first kappa shape index (κ1) is 15.0. The summed E-state index contributed by atoms with van der Waals surface area (Å²) in [5, 5.41) is 9.51. The van der Waals surface area contributed by atoms with Crippen LogP contribution >= 0.6 is 0 Å². The minimum Gasteiger partial charge on any atom is -0.508 e. The summed E-state index contributed by atoms with van der Waals surface area (Å²) in [6.07, 6.45) is -4.53. The van der Waals surface area contributed by atoms with Gasteiger partial charge in [0.2, 0.25) is 0 Å². The third kappa shape index (κ3) is 3.39. The van der Waals surface area contributed by atoms with Gasteiger partial charge in [-0.15, -0.1) is 0 Å². The highest BCUT2D eigenvalue weighted by Crippen LogP contribution is 2.37. The summed E-state index contributed by atoms with van der Waals surface area (Å²) in [5.41, 5.74) is -0.244. The fourth-order valence-corrected chi connectivity index (χ4v) is 1.92. The molecule has 0 aromatic heterocycles. The van der Waals surface area contributed by atoms with Crippen LogP contribution in [-0.4, -0.2) is 19.3 Å². The Morgan fingerprint density at radius 2 is 1.33 bits per heavy atom. The van der Waals surface area contributed by atoms with Crippen molar-refractivity contribution in [3.63, 3.8) is 0 Å². The number of phenolic OH excluding ortho intramolecular Hbond substituents is 1. The van der Waals surface area contributed by atoms with Crippen LogP contribution < -0.4 is 9.47 Å². The molecule has 6 heteroatoms. The molecule has 0 aliphatic rings. The molecule has 0 heterocycles. The molecule has 0 aliphatic heterocycles. The average Bonchev–Trinajstić information content (AvgIpc) is 2.45. The number of rotatable bonds is 3. The number of halogens is 3. The minimum atomic E-state index is -4.53. The summed E-state index contributed by atoms with van der Waals surface area (Å²) >= 11 is 0. The Morgan fingerprint density at radius 3 is 1.81 bits per heavy atom. The second-order valence-electron chi connectivity index (χ2n) is 4.37. The van der Waals surface area contributed by atoms with E-state index >= 15 is 0 Å². The van der Waals surface area contributed by atoms with Crippen LogP contribution in [0.25, 0.3) is 11.1 Å². The first-order valence-corrected chi connectivity index (χ1v) is 5.98. The molecule has 2 aromatic rings. The summed E-state index contributed by atoms with van der Waals surface area (Å²) in [4.78, 5) is 0. The average molecular weight is 298 g/mol. The maximum absolute atomic E-state index is 12.8. The van der Waals surface area contributed by atoms with Gasteiger partial charge in [-0.3, -0.25) is 0 Å². The summed E-state index contributed by atoms with van der Waals surface area (Å²) < 4.78 is 48.5. The fraction of sp³-hybridized carbons (Fsp3) is 0.200. The number of methoxy groups -OCH3 is 2. The minimum absolute atomic E-state index is 0.222. The van der Waals surface area contributed by atoms with Gasteiger partial charge >= 0.3 is 6.18 Å². The van der Waals surface area contributed by atoms with E-state index in [4.69, 9.17) is 9.47 Å². The predicted octanol–water partition coefficient (Wildman–Crippen LogP) is 4.10. The Labute approximate surface area is 119 Å². The lowest BCUT2D eigenvalue weighted by Gasteiger charge is -2.12. The van der Waals surface area contributed by atoms with Crippen molar-refractivity contribution in [3.8, 4) is 28.4 Å². The molecule has 2 aromatic carbocycles. The Hall–Kier alpha value is -2.37. The number of phenols is 1. The molecule has 2 rings (SSSR count). The summed E-state index contributed by atoms with van der Waals surface area (Å²) in [6.45, 7) is 0. The third-order valence-electron chi connectivity index (χ3n) is 2.93. The molecule has 0 atom stereocenters. The van der Waals surface area contributed by atoms with Crippen LogP contribution in [0.3, 0.4) is 0 Å². The highest BCUT2D eigenvalue weighted by Gasteiger charge is 2.31. The van der Waals surface area contributed by atoms with Crippen molar-refractivity contribution in [1.82, 2.24) is 0 Å². The molecule has 0 amide bonds. The van der Waals surface area contributed by atoms with Gasteiger partial charge in [0.05, 0.1) is 19.8 Å². The lowest BCUT2D eigenvalue weighted by molar-refractivity contribution is -0.137. The normalized spacial score (nSPS) is 11.3. The van der Waals surface area contributed by atoms with Crippen molar-refractivity contribution in [3.05, 3.63) is 42.0 Å². The molecule has 0 radical (unpaired) electrons. The van der Waals surface area contributed by atoms with Crippen LogP contribution in [0.2, 0.25) is 0 Å². The third-order valence-corrected chi connectivity index (χ3v) is 2.93. The van der Waals surface area contributed by atoms with Crippen LogP contribution in [0, 0.1) is 0 Å². The molecule has 0 saturated carbocycles. The van der Waals surface area contributed by atoms with Gasteiger partial charge in [0, 0.05) is 6.07 Å². The topological polar surface area (TPSA) is 38.7 Å². The Bertz CT molecular complexity index is 629. The van der Waals surface area contributed by atoms with E-state index in [2.05, 4.69) is 0 Å². The number of aromatic hydroxyl groups is 1. The maximum atomic E-state index is 12.8. The monoisotopic (exact) mass is 298 g/mol. The molecule has 0 aliphatic carbocycles. The lowest BCUT2D eigenvalue weighted by Crippen LogP contribution is -2.04. The van der Waals surface area contributed by atoms with Gasteiger partial charge in [0.1, 0.15) is 17.2 Å². The zero-order chi connectivity index (χ0) is 15.6. The van der Waals surface area contributed by atoms with E-state index in [9.17, 15) is 18.3 Å². The first-order chi connectivity index (χ1) is 9.83. The van der Waals surface area contributed by atoms with Crippen LogP contribution in [0.4, 0.5) is 13.2 Å². The van der Waals surface area contributed by atoms with Gasteiger partial charge in [-0.1, -0.05) is 0 Å². The second kappa shape index (κ2) is 5.55. The Balaban J connectivity index is 2.58. The second-order valence-corrected chi connectivity index (χ2v) is 4.37. The zero-order valence-corrected chi connectivity index (χ0v) is 11.4. The molecule has 0 unspecified atom stereocenters. The van der Waals surface area contributed by atoms with E-state index in [1.807, 2.05) is 0 Å². The van der Waals surface area contributed by atoms with Gasteiger partial charge < -0.3 is 14.6 Å². The summed E-state index contributed by atoms with van der Waals surface area (Å²) in [5.74, 6) is 0.434. The Kier molecular flexibility index (Phi) is 3.97. The van der Waals surface area contributed by atoms with E-state index in [1.165, 1.54) is 20.3 Å². The molecule has 3 nitrogen and oxygen atoms in total. The zero-order valence-electron chi connectivity index (χ0n) is 11.4. The molecular weight excluding hydrogens is 285 g/mol. The molecule has 1 N–H and O–H groups in total. The molecule has 0 bridgehead atoms. The highest BCUT2D eigenvalue weighted by atomic mass is 19.4. The van der Waals surface area contributed by atoms with Gasteiger partial charge in [-0.25, -0.2) is 0 Å². The number of hydrogen-bond donors (Lipinski definition) is 1. The number of hydrogen-bond acceptors (Lipinski definition) is 3. The fourth-order valence-electron chi connectivity index (χ4n) is 1.92. The van der Waals surface area contributed by atoms with E-state index in [-0.39, 0.29) is 5.56 Å². The van der Waals surface area contributed by atoms with Crippen molar-refractivity contribution in [2.45, 2.75) is 6.18 Å². The number of benzene rings is 2. The standard InChI is InChI=1S/C15H13F3O3/c1-20-13-5-10(6-14(8-13)21-2)9-3-11(15(16,17)18)7-12(19)4-9/h3-8,19H,1-2H3. The maximum Gasteiger partial charge on any atom is 0.416 e. The van der Waals surface area contributed by atoms with Crippen molar-refractivity contribution in [2.75, 3.05) is 14.2 Å². The SMILES string of the molecule is COc1cc(OC)cc(-c2cc(O)cc(C(F)(F)F)c2)c1. The molecule has 0 spiro atoms. The van der Waals surface area contributed by atoms with Crippen molar-refractivity contribution in [1.29, 1.82) is 0 Å². The molecular formula is C15H13F3O3. The van der Waals surface area contributed by atoms with Gasteiger partial charge in [-0.2, -0.15) is 13.2 Å². The van der Waals surface area contributed by atoms with E-state index < -0.39 is 17.5 Å².